The highest BCUT2D eigenvalue weighted by Crippen LogP contribution is 2.32. The summed E-state index contributed by atoms with van der Waals surface area (Å²) in [6.45, 7) is 6.75. The van der Waals surface area contributed by atoms with E-state index in [2.05, 4.69) is 50.0 Å². The molecule has 2 atom stereocenters. The van der Waals surface area contributed by atoms with Gasteiger partial charge in [-0.15, -0.1) is 16.4 Å². The van der Waals surface area contributed by atoms with Crippen molar-refractivity contribution in [1.82, 2.24) is 30.0 Å². The predicted molar refractivity (Wildman–Crippen MR) is 128 cm³/mol. The van der Waals surface area contributed by atoms with Gasteiger partial charge in [0.1, 0.15) is 34.3 Å². The summed E-state index contributed by atoms with van der Waals surface area (Å²) in [5.41, 5.74) is 1.59. The van der Waals surface area contributed by atoms with Crippen LogP contribution in [0.5, 0.6) is 0 Å². The molecule has 10 heteroatoms. The molecule has 1 fully saturated rings. The van der Waals surface area contributed by atoms with Gasteiger partial charge in [-0.05, 0) is 36.8 Å². The Bertz CT molecular complexity index is 1260. The minimum atomic E-state index is -0.275. The van der Waals surface area contributed by atoms with Gasteiger partial charge in [-0.25, -0.2) is 9.97 Å². The first-order valence-electron chi connectivity index (χ1n) is 11.3. The molecule has 0 aliphatic carbocycles. The van der Waals surface area contributed by atoms with E-state index in [4.69, 9.17) is 4.84 Å². The van der Waals surface area contributed by atoms with Crippen molar-refractivity contribution in [2.24, 2.45) is 0 Å². The van der Waals surface area contributed by atoms with Crippen molar-refractivity contribution < 1.29 is 9.63 Å². The van der Waals surface area contributed by atoms with Crippen LogP contribution in [0.4, 0.5) is 5.82 Å². The zero-order valence-corrected chi connectivity index (χ0v) is 19.6. The highest BCUT2D eigenvalue weighted by atomic mass is 32.1. The number of benzene rings is 1. The topological polar surface area (TPSA) is 89.3 Å². The summed E-state index contributed by atoms with van der Waals surface area (Å²) in [6, 6.07) is 10.1. The van der Waals surface area contributed by atoms with Gasteiger partial charge in [-0.2, -0.15) is 0 Å². The van der Waals surface area contributed by atoms with Crippen molar-refractivity contribution in [3.05, 3.63) is 41.5 Å². The third-order valence-corrected chi connectivity index (χ3v) is 7.31. The fourth-order valence-electron chi connectivity index (χ4n) is 4.41. The highest BCUT2D eigenvalue weighted by Gasteiger charge is 2.32. The van der Waals surface area contributed by atoms with E-state index in [1.54, 1.807) is 17.7 Å². The summed E-state index contributed by atoms with van der Waals surface area (Å²) in [6.07, 6.45) is 4.34. The number of fused-ring (bicyclic) bond motifs is 2. The second-order valence-electron chi connectivity index (χ2n) is 8.27. The van der Waals surface area contributed by atoms with E-state index < -0.39 is 0 Å². The Morgan fingerprint density at radius 3 is 2.97 bits per heavy atom. The van der Waals surface area contributed by atoms with E-state index in [-0.39, 0.29) is 12.3 Å². The molecular formula is C23H27N7O2S. The first-order chi connectivity index (χ1) is 16.2. The Morgan fingerprint density at radius 1 is 1.27 bits per heavy atom. The molecule has 172 valence electrons. The van der Waals surface area contributed by atoms with Gasteiger partial charge in [-0.1, -0.05) is 23.9 Å². The van der Waals surface area contributed by atoms with Gasteiger partial charge in [0.05, 0.1) is 5.39 Å². The van der Waals surface area contributed by atoms with Gasteiger partial charge < -0.3 is 14.5 Å². The van der Waals surface area contributed by atoms with E-state index in [1.807, 2.05) is 24.3 Å². The van der Waals surface area contributed by atoms with E-state index in [9.17, 15) is 4.79 Å². The molecule has 1 unspecified atom stereocenters. The number of piperazine rings is 1. The van der Waals surface area contributed by atoms with Crippen molar-refractivity contribution in [2.45, 2.75) is 45.4 Å². The second kappa shape index (κ2) is 9.40. The van der Waals surface area contributed by atoms with Crippen LogP contribution in [0.3, 0.4) is 0 Å². The number of hydrogen-bond donors (Lipinski definition) is 0. The Labute approximate surface area is 195 Å². The molecule has 1 aliphatic heterocycles. The first-order valence-corrected chi connectivity index (χ1v) is 12.1. The molecule has 4 heterocycles. The van der Waals surface area contributed by atoms with Crippen LogP contribution < -0.4 is 9.74 Å². The van der Waals surface area contributed by atoms with Crippen molar-refractivity contribution in [3.8, 4) is 0 Å². The predicted octanol–water partition coefficient (Wildman–Crippen LogP) is 2.94. The zero-order valence-electron chi connectivity index (χ0n) is 18.8. The van der Waals surface area contributed by atoms with Crippen molar-refractivity contribution in [3.63, 3.8) is 0 Å². The van der Waals surface area contributed by atoms with Gasteiger partial charge in [-0.3, -0.25) is 4.90 Å². The lowest BCUT2D eigenvalue weighted by Gasteiger charge is -2.43. The molecule has 1 aliphatic rings. The molecule has 5 rings (SSSR count). The number of aromatic nitrogens is 5. The van der Waals surface area contributed by atoms with E-state index in [0.29, 0.717) is 12.8 Å². The molecule has 33 heavy (non-hydrogen) atoms. The fourth-order valence-corrected chi connectivity index (χ4v) is 5.34. The average molecular weight is 466 g/mol. The zero-order chi connectivity index (χ0) is 22.8. The summed E-state index contributed by atoms with van der Waals surface area (Å²) < 4.78 is 0. The number of para-hydroxylation sites is 1. The molecule has 1 saturated heterocycles. The molecule has 4 aromatic rings. The van der Waals surface area contributed by atoms with Crippen LogP contribution in [0, 0.1) is 0 Å². The van der Waals surface area contributed by atoms with Crippen LogP contribution in [0.2, 0.25) is 0 Å². The van der Waals surface area contributed by atoms with Crippen molar-refractivity contribution in [1.29, 1.82) is 0 Å². The maximum atomic E-state index is 11.1. The molecule has 0 amide bonds. The highest BCUT2D eigenvalue weighted by molar-refractivity contribution is 7.18. The van der Waals surface area contributed by atoms with Crippen LogP contribution in [-0.4, -0.2) is 68.2 Å². The summed E-state index contributed by atoms with van der Waals surface area (Å²) >= 11 is 1.74. The number of carbonyl (C=O) groups is 1. The number of nitrogens with zero attached hydrogens (tertiary/aromatic N) is 7. The summed E-state index contributed by atoms with van der Waals surface area (Å²) in [4.78, 5) is 35.0. The molecule has 0 radical (unpaired) electrons. The van der Waals surface area contributed by atoms with E-state index in [0.717, 1.165) is 59.4 Å². The third kappa shape index (κ3) is 4.28. The molecular weight excluding hydrogens is 438 g/mol. The monoisotopic (exact) mass is 465 g/mol. The first kappa shape index (κ1) is 21.7. The molecule has 3 aromatic heterocycles. The summed E-state index contributed by atoms with van der Waals surface area (Å²) in [5.74, 6) is 0.996. The third-order valence-electron chi connectivity index (χ3n) is 6.12. The molecule has 0 N–H and O–H groups in total. The van der Waals surface area contributed by atoms with Crippen LogP contribution >= 0.6 is 11.3 Å². The maximum Gasteiger partial charge on any atom is 0.181 e. The molecule has 0 saturated carbocycles. The second-order valence-corrected chi connectivity index (χ2v) is 9.39. The Balaban J connectivity index is 1.35. The Hall–Kier alpha value is -3.11. The normalized spacial score (nSPS) is 18.1. The smallest absolute Gasteiger partial charge is 0.181 e. The Kier molecular flexibility index (Phi) is 6.19. The van der Waals surface area contributed by atoms with E-state index >= 15 is 0 Å². The van der Waals surface area contributed by atoms with Crippen molar-refractivity contribution in [2.75, 3.05) is 24.5 Å². The number of aryl methyl sites for hydroxylation is 1. The molecule has 0 bridgehead atoms. The van der Waals surface area contributed by atoms with E-state index in [1.165, 1.54) is 9.72 Å². The van der Waals surface area contributed by atoms with Crippen LogP contribution in [0.25, 0.3) is 21.3 Å². The quantitative estimate of drug-likeness (QED) is 0.367. The summed E-state index contributed by atoms with van der Waals surface area (Å²) in [5, 5.41) is 9.47. The maximum absolute atomic E-state index is 11.1. The lowest BCUT2D eigenvalue weighted by molar-refractivity contribution is -0.112. The van der Waals surface area contributed by atoms with Gasteiger partial charge in [0.25, 0.3) is 0 Å². The lowest BCUT2D eigenvalue weighted by atomic mass is 10.1. The molecule has 1 aromatic carbocycles. The van der Waals surface area contributed by atoms with Gasteiger partial charge in [0.15, 0.2) is 6.23 Å². The number of rotatable bonds is 8. The minimum absolute atomic E-state index is 0.219. The van der Waals surface area contributed by atoms with Crippen molar-refractivity contribution >= 4 is 44.7 Å². The number of anilines is 1. The molecule has 0 spiro atoms. The number of thiophene rings is 1. The average Bonchev–Trinajstić information content (AvgIpc) is 3.45. The van der Waals surface area contributed by atoms with Gasteiger partial charge >= 0.3 is 0 Å². The van der Waals surface area contributed by atoms with Crippen LogP contribution in [0.15, 0.2) is 36.7 Å². The minimum Gasteiger partial charge on any atom is -0.375 e. The number of hydrogen-bond acceptors (Lipinski definition) is 9. The van der Waals surface area contributed by atoms with Gasteiger partial charge in [0, 0.05) is 43.4 Å². The summed E-state index contributed by atoms with van der Waals surface area (Å²) in [7, 11) is 0. The number of aldehydes is 1. The standard InChI is InChI=1S/C23H27N7O2S/c1-3-17-13-18-22(24-15-25-23(18)33-17)29-11-10-28(14-16(29)2)21(9-6-12-31)32-30-20-8-5-4-7-19(20)26-27-30/h4-5,7-8,12-13,15-16,21H,3,6,9-11,14H2,1-2H3/t16-,21?/m1/s1. The largest absolute Gasteiger partial charge is 0.375 e. The van der Waals surface area contributed by atoms with Crippen LogP contribution in [-0.2, 0) is 11.2 Å². The van der Waals surface area contributed by atoms with Crippen LogP contribution in [0.1, 0.15) is 31.6 Å². The fraction of sp³-hybridized carbons (Fsp3) is 0.435. The number of carbonyl (C=O) groups excluding carboxylic acids is 1. The lowest BCUT2D eigenvalue weighted by Crippen LogP contribution is -2.57. The molecule has 9 nitrogen and oxygen atoms in total. The SMILES string of the molecule is CCc1cc2c(N3CCN(C(CCC=O)On4nnc5ccccc54)C[C@H]3C)ncnc2s1. The van der Waals surface area contributed by atoms with Gasteiger partial charge in [0.2, 0.25) is 0 Å². The Morgan fingerprint density at radius 2 is 2.15 bits per heavy atom.